The molecule has 1 aromatic rings. The van der Waals surface area contributed by atoms with Crippen LogP contribution in [0.5, 0.6) is 0 Å². The van der Waals surface area contributed by atoms with Crippen LogP contribution in [0.4, 0.5) is 19.0 Å². The van der Waals surface area contributed by atoms with Gasteiger partial charge in [-0.25, -0.2) is 9.29 Å². The van der Waals surface area contributed by atoms with Gasteiger partial charge in [-0.05, 0) is 38.7 Å². The van der Waals surface area contributed by atoms with E-state index in [4.69, 9.17) is 0 Å². The highest BCUT2D eigenvalue weighted by molar-refractivity contribution is 7.88. The van der Waals surface area contributed by atoms with Crippen LogP contribution in [0.15, 0.2) is 28.6 Å². The molecule has 1 saturated carbocycles. The Labute approximate surface area is 178 Å². The molecule has 170 valence electrons. The summed E-state index contributed by atoms with van der Waals surface area (Å²) >= 11 is 0. The lowest BCUT2D eigenvalue weighted by molar-refractivity contribution is -0.141. The van der Waals surface area contributed by atoms with Gasteiger partial charge >= 0.3 is 16.4 Å². The maximum atomic E-state index is 12.9. The van der Waals surface area contributed by atoms with Crippen LogP contribution in [0, 0.1) is 11.8 Å². The number of rotatable bonds is 4. The minimum Gasteiger partial charge on any atom is -0.304 e. The number of halogens is 3. The fourth-order valence-corrected chi connectivity index (χ4v) is 5.21. The van der Waals surface area contributed by atoms with Gasteiger partial charge in [-0.2, -0.15) is 21.6 Å². The molecule has 0 radical (unpaired) electrons. The molecule has 1 aliphatic heterocycles. The summed E-state index contributed by atoms with van der Waals surface area (Å²) in [5.41, 5.74) is -1.18. The van der Waals surface area contributed by atoms with E-state index in [1.54, 1.807) is 13.8 Å². The van der Waals surface area contributed by atoms with Crippen molar-refractivity contribution in [1.29, 1.82) is 0 Å². The lowest BCUT2D eigenvalue weighted by atomic mass is 9.80. The molecule has 0 atom stereocenters. The second-order valence-corrected chi connectivity index (χ2v) is 9.58. The van der Waals surface area contributed by atoms with E-state index < -0.39 is 39.8 Å². The minimum absolute atomic E-state index is 0.101. The van der Waals surface area contributed by atoms with Gasteiger partial charge in [-0.3, -0.25) is 9.78 Å². The summed E-state index contributed by atoms with van der Waals surface area (Å²) in [5, 5.41) is 2.24. The average molecular weight is 459 g/mol. The summed E-state index contributed by atoms with van der Waals surface area (Å²) < 4.78 is 69.1. The van der Waals surface area contributed by atoms with Gasteiger partial charge in [0.25, 0.3) is 5.91 Å². The quantitative estimate of drug-likeness (QED) is 0.741. The zero-order valence-corrected chi connectivity index (χ0v) is 18.2. The molecule has 8 nitrogen and oxygen atoms in total. The smallest absolute Gasteiger partial charge is 0.304 e. The van der Waals surface area contributed by atoms with Crippen molar-refractivity contribution in [1.82, 2.24) is 14.3 Å². The molecule has 2 heterocycles. The monoisotopic (exact) mass is 459 g/mol. The van der Waals surface area contributed by atoms with Crippen molar-refractivity contribution in [3.05, 3.63) is 29.9 Å². The molecule has 1 amide bonds. The number of nitrogens with one attached hydrogen (secondary N) is 1. The first kappa shape index (κ1) is 23.2. The number of alkyl halides is 3. The molecule has 0 spiro atoms. The summed E-state index contributed by atoms with van der Waals surface area (Å²) in [6.07, 6.45) is 1.53. The molecule has 12 heteroatoms. The van der Waals surface area contributed by atoms with Gasteiger partial charge in [0.15, 0.2) is 11.5 Å². The van der Waals surface area contributed by atoms with Crippen molar-refractivity contribution < 1.29 is 26.4 Å². The first-order chi connectivity index (χ1) is 14.4. The number of amides is 1. The molecule has 3 rings (SSSR count). The van der Waals surface area contributed by atoms with E-state index in [1.807, 2.05) is 0 Å². The summed E-state index contributed by atoms with van der Waals surface area (Å²) in [7, 11) is -4.18. The zero-order valence-electron chi connectivity index (χ0n) is 17.3. The number of aromatic nitrogens is 2. The van der Waals surface area contributed by atoms with E-state index in [0.29, 0.717) is 17.8 Å². The number of carbonyl (C=O) groups excluding carboxylic acids is 1. The van der Waals surface area contributed by atoms with Crippen LogP contribution in [0.3, 0.4) is 0 Å². The van der Waals surface area contributed by atoms with Gasteiger partial charge in [0, 0.05) is 12.0 Å². The number of hydrogen-bond donors (Lipinski definition) is 1. The van der Waals surface area contributed by atoms with Crippen LogP contribution in [-0.4, -0.2) is 40.4 Å². The lowest BCUT2D eigenvalue weighted by Gasteiger charge is -2.33. The van der Waals surface area contributed by atoms with Crippen molar-refractivity contribution in [2.24, 2.45) is 16.2 Å². The standard InChI is InChI=1S/C19H24F3N5O3S/c1-11(2)27-15(18(28)25-17-10-23-9-16(24-17)19(20,21)22)8-14(26-31(27,29)30)13-6-4-12(3)5-7-13/h8-13H,4-7H2,1-3H3,(H,24,25,28). The minimum atomic E-state index is -4.73. The molecular formula is C19H24F3N5O3S. The summed E-state index contributed by atoms with van der Waals surface area (Å²) in [6.45, 7) is 5.28. The molecule has 1 fully saturated rings. The second kappa shape index (κ2) is 8.56. The Morgan fingerprint density at radius 1 is 1.19 bits per heavy atom. The van der Waals surface area contributed by atoms with Crippen molar-refractivity contribution in [2.75, 3.05) is 5.32 Å². The third-order valence-corrected chi connectivity index (χ3v) is 6.85. The summed E-state index contributed by atoms with van der Waals surface area (Å²) in [5.74, 6) is -0.897. The van der Waals surface area contributed by atoms with E-state index in [-0.39, 0.29) is 11.6 Å². The highest BCUT2D eigenvalue weighted by Crippen LogP contribution is 2.33. The van der Waals surface area contributed by atoms with Crippen molar-refractivity contribution in [3.8, 4) is 0 Å². The highest BCUT2D eigenvalue weighted by atomic mass is 32.2. The van der Waals surface area contributed by atoms with Crippen molar-refractivity contribution in [3.63, 3.8) is 0 Å². The Balaban J connectivity index is 1.93. The second-order valence-electron chi connectivity index (χ2n) is 8.11. The van der Waals surface area contributed by atoms with Crippen LogP contribution < -0.4 is 5.32 Å². The van der Waals surface area contributed by atoms with Gasteiger partial charge in [-0.1, -0.05) is 19.8 Å². The molecule has 1 aliphatic carbocycles. The largest absolute Gasteiger partial charge is 0.434 e. The Bertz CT molecular complexity index is 1010. The van der Waals surface area contributed by atoms with Crippen LogP contribution in [0.2, 0.25) is 0 Å². The van der Waals surface area contributed by atoms with Crippen LogP contribution in [0.25, 0.3) is 0 Å². The van der Waals surface area contributed by atoms with E-state index in [0.717, 1.165) is 36.2 Å². The normalized spacial score (nSPS) is 23.9. The Kier molecular flexibility index (Phi) is 6.40. The maximum Gasteiger partial charge on any atom is 0.434 e. The molecule has 31 heavy (non-hydrogen) atoms. The Morgan fingerprint density at radius 2 is 1.84 bits per heavy atom. The number of hydrogen-bond acceptors (Lipinski definition) is 5. The predicted molar refractivity (Wildman–Crippen MR) is 108 cm³/mol. The number of allylic oxidation sites excluding steroid dienone is 1. The number of carbonyl (C=O) groups is 1. The summed E-state index contributed by atoms with van der Waals surface area (Å²) in [6, 6.07) is -0.633. The van der Waals surface area contributed by atoms with Crippen LogP contribution in [0.1, 0.15) is 52.1 Å². The van der Waals surface area contributed by atoms with Crippen molar-refractivity contribution >= 4 is 27.6 Å². The van der Waals surface area contributed by atoms with Gasteiger partial charge in [0.05, 0.1) is 18.1 Å². The zero-order chi connectivity index (χ0) is 23.0. The van der Waals surface area contributed by atoms with E-state index in [2.05, 4.69) is 26.6 Å². The molecule has 1 aromatic heterocycles. The van der Waals surface area contributed by atoms with E-state index in [1.165, 1.54) is 6.08 Å². The molecule has 2 aliphatic rings. The van der Waals surface area contributed by atoms with E-state index >= 15 is 0 Å². The Hall–Kier alpha value is -2.50. The molecular weight excluding hydrogens is 435 g/mol. The van der Waals surface area contributed by atoms with E-state index in [9.17, 15) is 26.4 Å². The molecule has 1 N–H and O–H groups in total. The topological polar surface area (TPSA) is 105 Å². The molecule has 0 unspecified atom stereocenters. The molecule has 0 bridgehead atoms. The fourth-order valence-electron chi connectivity index (χ4n) is 3.73. The molecule has 0 aromatic carbocycles. The van der Waals surface area contributed by atoms with Crippen LogP contribution >= 0.6 is 0 Å². The fraction of sp³-hybridized carbons (Fsp3) is 0.579. The first-order valence-corrected chi connectivity index (χ1v) is 11.3. The maximum absolute atomic E-state index is 12.9. The van der Waals surface area contributed by atoms with Gasteiger partial charge < -0.3 is 5.32 Å². The van der Waals surface area contributed by atoms with Crippen molar-refractivity contribution in [2.45, 2.75) is 58.7 Å². The Morgan fingerprint density at radius 3 is 2.42 bits per heavy atom. The third-order valence-electron chi connectivity index (χ3n) is 5.29. The predicted octanol–water partition coefficient (Wildman–Crippen LogP) is 3.55. The third kappa shape index (κ3) is 5.23. The highest BCUT2D eigenvalue weighted by Gasteiger charge is 2.37. The number of anilines is 1. The van der Waals surface area contributed by atoms with Gasteiger partial charge in [0.1, 0.15) is 5.70 Å². The van der Waals surface area contributed by atoms with Gasteiger partial charge in [0.2, 0.25) is 0 Å². The SMILES string of the molecule is CC1CCC(C2=NS(=O)(=O)N(C(C)C)C(C(=O)Nc3cncc(C(F)(F)F)n3)=C2)CC1. The average Bonchev–Trinajstić information content (AvgIpc) is 2.66. The van der Waals surface area contributed by atoms with Gasteiger partial charge in [-0.15, -0.1) is 4.40 Å². The first-order valence-electron chi connectivity index (χ1n) is 9.95. The summed E-state index contributed by atoms with van der Waals surface area (Å²) in [4.78, 5) is 19.7. The number of nitrogens with zero attached hydrogens (tertiary/aromatic N) is 4. The van der Waals surface area contributed by atoms with Crippen LogP contribution in [-0.2, 0) is 21.2 Å². The molecule has 0 saturated heterocycles. The lowest BCUT2D eigenvalue weighted by Crippen LogP contribution is -2.43.